The number of Topliss-reactive ketones (excluding diaryl/α,β-unsaturated/α-hetero) is 1. The summed E-state index contributed by atoms with van der Waals surface area (Å²) in [5.41, 5.74) is 0.458. The van der Waals surface area contributed by atoms with Crippen LogP contribution < -0.4 is 9.47 Å². The molecule has 1 aliphatic heterocycles. The van der Waals surface area contributed by atoms with Crippen LogP contribution in [-0.2, 0) is 0 Å². The maximum atomic E-state index is 12.3. The van der Waals surface area contributed by atoms with E-state index in [4.69, 9.17) is 14.6 Å². The molecular weight excluding hydrogens is 328 g/mol. The number of phenolic OH excluding ortho intramolecular Hbond substituents is 3. The van der Waals surface area contributed by atoms with Gasteiger partial charge in [0.1, 0.15) is 11.5 Å². The number of hydrogen-bond donors (Lipinski definition) is 4. The topological polar surface area (TPSA) is 116 Å². The van der Waals surface area contributed by atoms with Gasteiger partial charge in [-0.05, 0) is 30.3 Å². The molecule has 7 nitrogen and oxygen atoms in total. The van der Waals surface area contributed by atoms with Crippen molar-refractivity contribution in [2.75, 3.05) is 13.2 Å². The highest BCUT2D eigenvalue weighted by molar-refractivity contribution is 6.15. The molecule has 0 aliphatic carbocycles. The molecule has 0 bridgehead atoms. The van der Waals surface area contributed by atoms with Crippen molar-refractivity contribution in [1.29, 1.82) is 0 Å². The zero-order valence-corrected chi connectivity index (χ0v) is 13.1. The van der Waals surface area contributed by atoms with Crippen LogP contribution in [0.4, 0.5) is 0 Å². The third kappa shape index (κ3) is 3.22. The molecule has 0 saturated carbocycles. The van der Waals surface area contributed by atoms with E-state index in [0.29, 0.717) is 24.3 Å². The first kappa shape index (κ1) is 16.7. The quantitative estimate of drug-likeness (QED) is 0.373. The maximum absolute atomic E-state index is 12.3. The fourth-order valence-corrected chi connectivity index (χ4v) is 2.36. The lowest BCUT2D eigenvalue weighted by atomic mass is 10.1. The Morgan fingerprint density at radius 3 is 2.60 bits per heavy atom. The summed E-state index contributed by atoms with van der Waals surface area (Å²) in [4.78, 5) is 12.3. The molecule has 25 heavy (non-hydrogen) atoms. The Morgan fingerprint density at radius 1 is 1.08 bits per heavy atom. The van der Waals surface area contributed by atoms with Gasteiger partial charge in [-0.25, -0.2) is 0 Å². The Bertz CT molecular complexity index is 855. The van der Waals surface area contributed by atoms with E-state index in [1.54, 1.807) is 12.1 Å². The van der Waals surface area contributed by atoms with Crippen LogP contribution in [0.25, 0.3) is 6.08 Å². The third-order valence-electron chi connectivity index (χ3n) is 3.65. The molecule has 0 atom stereocenters. The van der Waals surface area contributed by atoms with Crippen LogP contribution in [0.1, 0.15) is 22.3 Å². The number of rotatable bonds is 5. The van der Waals surface area contributed by atoms with Gasteiger partial charge in [-0.15, -0.1) is 0 Å². The van der Waals surface area contributed by atoms with Crippen molar-refractivity contribution in [3.63, 3.8) is 0 Å². The van der Waals surface area contributed by atoms with Crippen LogP contribution >= 0.6 is 0 Å². The number of hydrogen-bond acceptors (Lipinski definition) is 7. The largest absolute Gasteiger partial charge is 0.507 e. The average Bonchev–Trinajstić information content (AvgIpc) is 2.91. The number of fused-ring (bicyclic) bond motifs is 1. The van der Waals surface area contributed by atoms with E-state index in [-0.39, 0.29) is 35.2 Å². The number of aliphatic hydroxyl groups excluding tert-OH is 1. The lowest BCUT2D eigenvalue weighted by Gasteiger charge is -2.07. The summed E-state index contributed by atoms with van der Waals surface area (Å²) in [5, 5.41) is 38.1. The summed E-state index contributed by atoms with van der Waals surface area (Å²) in [6.45, 7) is 0.328. The van der Waals surface area contributed by atoms with Crippen molar-refractivity contribution in [2.45, 2.75) is 6.42 Å². The molecule has 2 aromatic carbocycles. The smallest absolute Gasteiger partial charge is 0.232 e. The molecule has 3 rings (SSSR count). The summed E-state index contributed by atoms with van der Waals surface area (Å²) < 4.78 is 10.7. The van der Waals surface area contributed by atoms with Gasteiger partial charge < -0.3 is 29.9 Å². The number of ether oxygens (including phenoxy) is 2. The highest BCUT2D eigenvalue weighted by Gasteiger charge is 2.31. The zero-order chi connectivity index (χ0) is 18.0. The van der Waals surface area contributed by atoms with E-state index in [0.717, 1.165) is 0 Å². The molecule has 130 valence electrons. The molecule has 2 aromatic rings. The Balaban J connectivity index is 1.84. The SMILES string of the molecule is O=C1/C(=C\c2ccc(OCCCO)cc2O)Oc2c1ccc(O)c2O. The van der Waals surface area contributed by atoms with Gasteiger partial charge in [-0.1, -0.05) is 0 Å². The van der Waals surface area contributed by atoms with Gasteiger partial charge in [-0.2, -0.15) is 0 Å². The summed E-state index contributed by atoms with van der Waals surface area (Å²) in [7, 11) is 0. The molecule has 1 heterocycles. The standard InChI is InChI=1S/C18H16O7/c19-6-1-7-24-11-3-2-10(14(21)9-11)8-15-16(22)12-4-5-13(20)17(23)18(12)25-15/h2-5,8-9,19-21,23H,1,6-7H2/b15-8+. The number of aromatic hydroxyl groups is 3. The summed E-state index contributed by atoms with van der Waals surface area (Å²) >= 11 is 0. The molecular formula is C18H16O7. The van der Waals surface area contributed by atoms with Crippen LogP contribution in [0, 0.1) is 0 Å². The van der Waals surface area contributed by atoms with Gasteiger partial charge in [0.05, 0.1) is 12.2 Å². The monoisotopic (exact) mass is 344 g/mol. The van der Waals surface area contributed by atoms with E-state index >= 15 is 0 Å². The fraction of sp³-hybridized carbons (Fsp3) is 0.167. The van der Waals surface area contributed by atoms with Crippen molar-refractivity contribution in [1.82, 2.24) is 0 Å². The number of aliphatic hydroxyl groups is 1. The zero-order valence-electron chi connectivity index (χ0n) is 13.1. The van der Waals surface area contributed by atoms with E-state index in [1.807, 2.05) is 0 Å². The fourth-order valence-electron chi connectivity index (χ4n) is 2.36. The van der Waals surface area contributed by atoms with Crippen molar-refractivity contribution in [3.8, 4) is 28.7 Å². The second kappa shape index (κ2) is 6.74. The Kier molecular flexibility index (Phi) is 4.49. The van der Waals surface area contributed by atoms with Crippen molar-refractivity contribution in [3.05, 3.63) is 47.2 Å². The molecule has 7 heteroatoms. The Morgan fingerprint density at radius 2 is 1.88 bits per heavy atom. The van der Waals surface area contributed by atoms with Gasteiger partial charge in [0.25, 0.3) is 0 Å². The van der Waals surface area contributed by atoms with Crippen LogP contribution in [0.2, 0.25) is 0 Å². The van der Waals surface area contributed by atoms with Crippen LogP contribution in [0.5, 0.6) is 28.7 Å². The highest BCUT2D eigenvalue weighted by Crippen LogP contribution is 2.44. The van der Waals surface area contributed by atoms with Gasteiger partial charge >= 0.3 is 0 Å². The van der Waals surface area contributed by atoms with E-state index in [1.165, 1.54) is 24.3 Å². The van der Waals surface area contributed by atoms with Crippen molar-refractivity contribution >= 4 is 11.9 Å². The molecule has 0 saturated heterocycles. The van der Waals surface area contributed by atoms with Gasteiger partial charge in [0, 0.05) is 24.7 Å². The van der Waals surface area contributed by atoms with Crippen LogP contribution in [-0.4, -0.2) is 39.4 Å². The highest BCUT2D eigenvalue weighted by atomic mass is 16.5. The Labute approximate surface area is 143 Å². The number of phenols is 3. The number of benzene rings is 2. The minimum atomic E-state index is -0.508. The summed E-state index contributed by atoms with van der Waals surface area (Å²) in [6.07, 6.45) is 1.81. The maximum Gasteiger partial charge on any atom is 0.232 e. The molecule has 4 N–H and O–H groups in total. The van der Waals surface area contributed by atoms with Gasteiger partial charge in [0.15, 0.2) is 17.3 Å². The van der Waals surface area contributed by atoms with Crippen molar-refractivity contribution < 1.29 is 34.7 Å². The van der Waals surface area contributed by atoms with Crippen molar-refractivity contribution in [2.24, 2.45) is 0 Å². The van der Waals surface area contributed by atoms with Gasteiger partial charge in [-0.3, -0.25) is 4.79 Å². The first-order valence-corrected chi connectivity index (χ1v) is 7.57. The minimum absolute atomic E-state index is 0.0125. The second-order valence-electron chi connectivity index (χ2n) is 5.40. The molecule has 0 fully saturated rings. The number of carbonyl (C=O) groups is 1. The first-order valence-electron chi connectivity index (χ1n) is 7.57. The first-order chi connectivity index (χ1) is 12.0. The van der Waals surface area contributed by atoms with Crippen LogP contribution in [0.15, 0.2) is 36.1 Å². The predicted octanol–water partition coefficient (Wildman–Crippen LogP) is 2.18. The molecule has 0 radical (unpaired) electrons. The van der Waals surface area contributed by atoms with E-state index in [2.05, 4.69) is 0 Å². The number of carbonyl (C=O) groups excluding carboxylic acids is 1. The number of ketones is 1. The molecule has 0 aromatic heterocycles. The molecule has 0 unspecified atom stereocenters. The van der Waals surface area contributed by atoms with E-state index in [9.17, 15) is 20.1 Å². The molecule has 0 amide bonds. The normalized spacial score (nSPS) is 14.4. The second-order valence-corrected chi connectivity index (χ2v) is 5.40. The number of allylic oxidation sites excluding steroid dienone is 1. The molecule has 0 spiro atoms. The van der Waals surface area contributed by atoms with E-state index < -0.39 is 11.5 Å². The third-order valence-corrected chi connectivity index (χ3v) is 3.65. The lowest BCUT2D eigenvalue weighted by molar-refractivity contribution is 0.101. The lowest BCUT2D eigenvalue weighted by Crippen LogP contribution is -2.00. The van der Waals surface area contributed by atoms with Gasteiger partial charge in [0.2, 0.25) is 11.5 Å². The predicted molar refractivity (Wildman–Crippen MR) is 88.0 cm³/mol. The minimum Gasteiger partial charge on any atom is -0.507 e. The summed E-state index contributed by atoms with van der Waals surface area (Å²) in [6, 6.07) is 7.10. The summed E-state index contributed by atoms with van der Waals surface area (Å²) in [5.74, 6) is -1.25. The average molecular weight is 344 g/mol. The molecule has 1 aliphatic rings. The van der Waals surface area contributed by atoms with Crippen LogP contribution in [0.3, 0.4) is 0 Å². The Hall–Kier alpha value is -3.19.